The van der Waals surface area contributed by atoms with Crippen LogP contribution in [0.25, 0.3) is 0 Å². The fraction of sp³-hybridized carbons (Fsp3) is 0.588. The Balaban J connectivity index is 2.04. The maximum atomic E-state index is 11.7. The lowest BCUT2D eigenvalue weighted by atomic mass is 9.76. The molecule has 116 valence electrons. The summed E-state index contributed by atoms with van der Waals surface area (Å²) in [5, 5.41) is 9.63. The fourth-order valence-electron chi connectivity index (χ4n) is 3.32. The Morgan fingerprint density at radius 1 is 1.38 bits per heavy atom. The van der Waals surface area contributed by atoms with Gasteiger partial charge < -0.3 is 9.84 Å². The Kier molecular flexibility index (Phi) is 5.23. The Labute approximate surface area is 126 Å². The predicted octanol–water partition coefficient (Wildman–Crippen LogP) is 3.16. The lowest BCUT2D eigenvalue weighted by Gasteiger charge is -2.40. The van der Waals surface area contributed by atoms with E-state index in [0.29, 0.717) is 6.54 Å². The van der Waals surface area contributed by atoms with Crippen LogP contribution in [-0.2, 0) is 11.3 Å². The highest BCUT2D eigenvalue weighted by molar-refractivity contribution is 5.75. The molecule has 0 saturated carbocycles. The molecule has 1 aliphatic rings. The van der Waals surface area contributed by atoms with Crippen LogP contribution in [0.1, 0.15) is 38.2 Å². The first-order valence-corrected chi connectivity index (χ1v) is 7.68. The maximum Gasteiger partial charge on any atom is 0.310 e. The molecule has 4 heteroatoms. The highest BCUT2D eigenvalue weighted by Crippen LogP contribution is 2.35. The molecule has 2 rings (SSSR count). The third-order valence-electron chi connectivity index (χ3n) is 4.40. The molecule has 1 fully saturated rings. The van der Waals surface area contributed by atoms with Crippen molar-refractivity contribution in [1.82, 2.24) is 4.90 Å². The van der Waals surface area contributed by atoms with E-state index in [4.69, 9.17) is 4.74 Å². The van der Waals surface area contributed by atoms with Crippen LogP contribution in [0.2, 0.25) is 0 Å². The standard InChI is InChI=1S/C17H25NO3/c1-3-9-17(16(19)20)10-4-11-18(13-17)12-14-5-7-15(21-2)8-6-14/h5-8H,3-4,9-13H2,1-2H3,(H,19,20). The smallest absolute Gasteiger partial charge is 0.310 e. The minimum absolute atomic E-state index is 0.556. The number of piperidine rings is 1. The minimum Gasteiger partial charge on any atom is -0.497 e. The minimum atomic E-state index is -0.635. The van der Waals surface area contributed by atoms with Gasteiger partial charge in [-0.25, -0.2) is 0 Å². The molecule has 1 aromatic rings. The summed E-state index contributed by atoms with van der Waals surface area (Å²) >= 11 is 0. The molecule has 1 N–H and O–H groups in total. The molecule has 1 heterocycles. The summed E-state index contributed by atoms with van der Waals surface area (Å²) in [4.78, 5) is 14.0. The number of hydrogen-bond donors (Lipinski definition) is 1. The van der Waals surface area contributed by atoms with Gasteiger partial charge in [0.05, 0.1) is 12.5 Å². The topological polar surface area (TPSA) is 49.8 Å². The van der Waals surface area contributed by atoms with Crippen molar-refractivity contribution in [3.63, 3.8) is 0 Å². The summed E-state index contributed by atoms with van der Waals surface area (Å²) in [7, 11) is 1.66. The van der Waals surface area contributed by atoms with E-state index < -0.39 is 11.4 Å². The average Bonchev–Trinajstić information content (AvgIpc) is 2.48. The molecule has 0 aliphatic carbocycles. The molecule has 21 heavy (non-hydrogen) atoms. The SMILES string of the molecule is CCCC1(C(=O)O)CCCN(Cc2ccc(OC)cc2)C1. The molecule has 0 bridgehead atoms. The van der Waals surface area contributed by atoms with Gasteiger partial charge in [-0.1, -0.05) is 25.5 Å². The largest absolute Gasteiger partial charge is 0.497 e. The lowest BCUT2D eigenvalue weighted by molar-refractivity contribution is -0.153. The van der Waals surface area contributed by atoms with Gasteiger partial charge in [0.1, 0.15) is 5.75 Å². The molecule has 1 atom stereocenters. The summed E-state index contributed by atoms with van der Waals surface area (Å²) in [6, 6.07) is 8.01. The molecule has 0 aromatic heterocycles. The Bertz CT molecular complexity index is 467. The first kappa shape index (κ1) is 15.8. The van der Waals surface area contributed by atoms with Gasteiger partial charge in [-0.05, 0) is 43.5 Å². The molecule has 4 nitrogen and oxygen atoms in total. The Morgan fingerprint density at radius 2 is 2.10 bits per heavy atom. The van der Waals surface area contributed by atoms with Gasteiger partial charge >= 0.3 is 5.97 Å². The van der Waals surface area contributed by atoms with Gasteiger partial charge in [-0.15, -0.1) is 0 Å². The van der Waals surface area contributed by atoms with Crippen LogP contribution in [0.15, 0.2) is 24.3 Å². The molecule has 1 aliphatic heterocycles. The lowest BCUT2D eigenvalue weighted by Crippen LogP contribution is -2.47. The normalized spacial score (nSPS) is 23.0. The van der Waals surface area contributed by atoms with Gasteiger partial charge in [0, 0.05) is 13.1 Å². The van der Waals surface area contributed by atoms with E-state index in [2.05, 4.69) is 24.0 Å². The number of hydrogen-bond acceptors (Lipinski definition) is 3. The summed E-state index contributed by atoms with van der Waals surface area (Å²) in [5.74, 6) is 0.215. The first-order valence-electron chi connectivity index (χ1n) is 7.68. The second-order valence-electron chi connectivity index (χ2n) is 6.00. The van der Waals surface area contributed by atoms with Gasteiger partial charge in [0.25, 0.3) is 0 Å². The summed E-state index contributed by atoms with van der Waals surface area (Å²) in [5.41, 5.74) is 0.646. The summed E-state index contributed by atoms with van der Waals surface area (Å²) in [6.45, 7) is 4.50. The molecular formula is C17H25NO3. The predicted molar refractivity (Wildman–Crippen MR) is 82.5 cm³/mol. The molecule has 0 spiro atoms. The van der Waals surface area contributed by atoms with Gasteiger partial charge in [0.15, 0.2) is 0 Å². The average molecular weight is 291 g/mol. The zero-order valence-corrected chi connectivity index (χ0v) is 13.0. The number of nitrogens with zero attached hydrogens (tertiary/aromatic N) is 1. The van der Waals surface area contributed by atoms with Crippen molar-refractivity contribution in [2.45, 2.75) is 39.2 Å². The van der Waals surface area contributed by atoms with Gasteiger partial charge in [0.2, 0.25) is 0 Å². The van der Waals surface area contributed by atoms with E-state index in [1.165, 1.54) is 5.56 Å². The molecular weight excluding hydrogens is 266 g/mol. The quantitative estimate of drug-likeness (QED) is 0.874. The molecule has 1 saturated heterocycles. The van der Waals surface area contributed by atoms with Crippen LogP contribution >= 0.6 is 0 Å². The number of ether oxygens (including phenoxy) is 1. The summed E-state index contributed by atoms with van der Waals surface area (Å²) < 4.78 is 5.16. The second kappa shape index (κ2) is 6.94. The highest BCUT2D eigenvalue weighted by atomic mass is 16.5. The van der Waals surface area contributed by atoms with E-state index >= 15 is 0 Å². The van der Waals surface area contributed by atoms with E-state index in [-0.39, 0.29) is 0 Å². The first-order chi connectivity index (χ1) is 10.1. The van der Waals surface area contributed by atoms with Crippen LogP contribution in [-0.4, -0.2) is 36.2 Å². The monoisotopic (exact) mass is 291 g/mol. The number of carboxylic acid groups (broad SMARTS) is 1. The van der Waals surface area contributed by atoms with Gasteiger partial charge in [-0.2, -0.15) is 0 Å². The number of likely N-dealkylation sites (tertiary alicyclic amines) is 1. The summed E-state index contributed by atoms with van der Waals surface area (Å²) in [6.07, 6.45) is 3.45. The number of benzene rings is 1. The van der Waals surface area contributed by atoms with Gasteiger partial charge in [-0.3, -0.25) is 9.69 Å². The highest BCUT2D eigenvalue weighted by Gasteiger charge is 2.41. The number of aliphatic carboxylic acids is 1. The van der Waals surface area contributed by atoms with E-state index in [9.17, 15) is 9.90 Å². The Hall–Kier alpha value is -1.55. The van der Waals surface area contributed by atoms with Crippen molar-refractivity contribution in [2.24, 2.45) is 5.41 Å². The zero-order chi connectivity index (χ0) is 15.3. The third kappa shape index (κ3) is 3.76. The van der Waals surface area contributed by atoms with Crippen molar-refractivity contribution in [1.29, 1.82) is 0 Å². The zero-order valence-electron chi connectivity index (χ0n) is 13.0. The molecule has 1 unspecified atom stereocenters. The van der Waals surface area contributed by atoms with Crippen molar-refractivity contribution in [3.05, 3.63) is 29.8 Å². The number of carbonyl (C=O) groups is 1. The number of methoxy groups -OCH3 is 1. The van der Waals surface area contributed by atoms with Crippen LogP contribution in [0.4, 0.5) is 0 Å². The van der Waals surface area contributed by atoms with Crippen molar-refractivity contribution >= 4 is 5.97 Å². The van der Waals surface area contributed by atoms with Crippen molar-refractivity contribution in [3.8, 4) is 5.75 Å². The van der Waals surface area contributed by atoms with E-state index in [0.717, 1.165) is 44.5 Å². The van der Waals surface area contributed by atoms with Crippen molar-refractivity contribution in [2.75, 3.05) is 20.2 Å². The van der Waals surface area contributed by atoms with Crippen LogP contribution in [0.3, 0.4) is 0 Å². The molecule has 0 amide bonds. The van der Waals surface area contributed by atoms with Crippen LogP contribution < -0.4 is 4.74 Å². The second-order valence-corrected chi connectivity index (χ2v) is 6.00. The molecule has 0 radical (unpaired) electrons. The fourth-order valence-corrected chi connectivity index (χ4v) is 3.32. The van der Waals surface area contributed by atoms with Crippen molar-refractivity contribution < 1.29 is 14.6 Å². The van der Waals surface area contributed by atoms with E-state index in [1.807, 2.05) is 12.1 Å². The number of rotatable bonds is 6. The third-order valence-corrected chi connectivity index (χ3v) is 4.40. The molecule has 1 aromatic carbocycles. The van der Waals surface area contributed by atoms with Crippen LogP contribution in [0, 0.1) is 5.41 Å². The Morgan fingerprint density at radius 3 is 2.67 bits per heavy atom. The maximum absolute atomic E-state index is 11.7. The number of carboxylic acids is 1. The van der Waals surface area contributed by atoms with E-state index in [1.54, 1.807) is 7.11 Å². The van der Waals surface area contributed by atoms with Crippen LogP contribution in [0.5, 0.6) is 5.75 Å².